The van der Waals surface area contributed by atoms with Crippen molar-refractivity contribution in [2.75, 3.05) is 0 Å². The average molecular weight is 202 g/mol. The quantitative estimate of drug-likeness (QED) is 0.324. The van der Waals surface area contributed by atoms with Crippen molar-refractivity contribution in [2.45, 2.75) is 63.7 Å². The van der Waals surface area contributed by atoms with Gasteiger partial charge in [0.15, 0.2) is 0 Å². The molecule has 0 saturated carbocycles. The van der Waals surface area contributed by atoms with E-state index in [9.17, 15) is 0 Å². The Morgan fingerprint density at radius 3 is 1.07 bits per heavy atom. The molecule has 0 bridgehead atoms. The van der Waals surface area contributed by atoms with E-state index in [1.165, 1.54) is 25.7 Å². The predicted molar refractivity (Wildman–Crippen MR) is 61.3 cm³/mol. The van der Waals surface area contributed by atoms with E-state index in [0.29, 0.717) is 0 Å². The minimum absolute atomic E-state index is 0.134. The maximum atomic E-state index is 5.44. The molecule has 0 aromatic heterocycles. The summed E-state index contributed by atoms with van der Waals surface area (Å²) in [5.41, 5.74) is 21.8. The molecule has 0 amide bonds. The molecule has 86 valence electrons. The minimum atomic E-state index is -0.134. The van der Waals surface area contributed by atoms with Gasteiger partial charge in [-0.15, -0.1) is 0 Å². The van der Waals surface area contributed by atoms with Crippen molar-refractivity contribution in [3.05, 3.63) is 0 Å². The summed E-state index contributed by atoms with van der Waals surface area (Å²) in [5.74, 6) is 0. The molecule has 0 spiro atoms. The predicted octanol–water partition coefficient (Wildman–Crippen LogP) is 0.594. The Morgan fingerprint density at radius 1 is 0.500 bits per heavy atom. The Bertz CT molecular complexity index is 101. The van der Waals surface area contributed by atoms with Crippen molar-refractivity contribution in [2.24, 2.45) is 22.9 Å². The van der Waals surface area contributed by atoms with Gasteiger partial charge in [0.25, 0.3) is 0 Å². The van der Waals surface area contributed by atoms with Crippen molar-refractivity contribution < 1.29 is 0 Å². The highest BCUT2D eigenvalue weighted by Crippen LogP contribution is 2.08. The van der Waals surface area contributed by atoms with E-state index in [1.54, 1.807) is 0 Å². The van der Waals surface area contributed by atoms with Crippen LogP contribution in [-0.2, 0) is 0 Å². The summed E-state index contributed by atoms with van der Waals surface area (Å²) in [4.78, 5) is 0. The Hall–Kier alpha value is -0.160. The molecule has 4 heteroatoms. The molecule has 0 unspecified atom stereocenters. The zero-order chi connectivity index (χ0) is 10.8. The van der Waals surface area contributed by atoms with Crippen molar-refractivity contribution >= 4 is 0 Å². The molecular formula is C10H26N4. The van der Waals surface area contributed by atoms with E-state index < -0.39 is 0 Å². The average Bonchev–Trinajstić information content (AvgIpc) is 2.08. The zero-order valence-corrected chi connectivity index (χ0v) is 9.12. The molecule has 0 radical (unpaired) electrons. The van der Waals surface area contributed by atoms with Crippen LogP contribution in [0.1, 0.15) is 51.4 Å². The van der Waals surface area contributed by atoms with Gasteiger partial charge in [-0.05, 0) is 12.8 Å². The van der Waals surface area contributed by atoms with Crippen LogP contribution in [0.25, 0.3) is 0 Å². The van der Waals surface area contributed by atoms with Gasteiger partial charge < -0.3 is 22.9 Å². The fourth-order valence-electron chi connectivity index (χ4n) is 1.47. The van der Waals surface area contributed by atoms with Crippen LogP contribution >= 0.6 is 0 Å². The standard InChI is InChI=1S/C10H26N4/c11-9(12)7-5-3-1-2-4-6-8-10(13)14/h9-10H,1-8,11-14H2. The lowest BCUT2D eigenvalue weighted by Crippen LogP contribution is -2.30. The van der Waals surface area contributed by atoms with E-state index in [4.69, 9.17) is 22.9 Å². The van der Waals surface area contributed by atoms with E-state index in [0.717, 1.165) is 25.7 Å². The maximum absolute atomic E-state index is 5.44. The summed E-state index contributed by atoms with van der Waals surface area (Å²) in [7, 11) is 0. The lowest BCUT2D eigenvalue weighted by atomic mass is 10.1. The number of hydrogen-bond donors (Lipinski definition) is 4. The summed E-state index contributed by atoms with van der Waals surface area (Å²) in [5, 5.41) is 0. The highest BCUT2D eigenvalue weighted by molar-refractivity contribution is 4.54. The van der Waals surface area contributed by atoms with Gasteiger partial charge in [-0.25, -0.2) is 0 Å². The van der Waals surface area contributed by atoms with Gasteiger partial charge in [-0.2, -0.15) is 0 Å². The van der Waals surface area contributed by atoms with Gasteiger partial charge in [0.1, 0.15) is 0 Å². The first kappa shape index (κ1) is 13.8. The molecule has 0 rings (SSSR count). The fourth-order valence-corrected chi connectivity index (χ4v) is 1.47. The van der Waals surface area contributed by atoms with Gasteiger partial charge in [0.2, 0.25) is 0 Å². The van der Waals surface area contributed by atoms with Crippen LogP contribution in [0.4, 0.5) is 0 Å². The van der Waals surface area contributed by atoms with Crippen molar-refractivity contribution in [3.63, 3.8) is 0 Å². The molecular weight excluding hydrogens is 176 g/mol. The van der Waals surface area contributed by atoms with Crippen LogP contribution in [0.5, 0.6) is 0 Å². The van der Waals surface area contributed by atoms with Crippen LogP contribution in [0.15, 0.2) is 0 Å². The maximum Gasteiger partial charge on any atom is 0.0520 e. The molecule has 0 atom stereocenters. The van der Waals surface area contributed by atoms with Crippen LogP contribution in [-0.4, -0.2) is 12.3 Å². The normalized spacial score (nSPS) is 11.6. The molecule has 0 aliphatic heterocycles. The molecule has 14 heavy (non-hydrogen) atoms. The van der Waals surface area contributed by atoms with Crippen LogP contribution < -0.4 is 22.9 Å². The minimum Gasteiger partial charge on any atom is -0.316 e. The fraction of sp³-hybridized carbons (Fsp3) is 1.00. The Kier molecular flexibility index (Phi) is 9.29. The first-order valence-corrected chi connectivity index (χ1v) is 5.65. The van der Waals surface area contributed by atoms with Crippen molar-refractivity contribution in [1.29, 1.82) is 0 Å². The summed E-state index contributed by atoms with van der Waals surface area (Å²) in [6.45, 7) is 0. The van der Waals surface area contributed by atoms with Gasteiger partial charge >= 0.3 is 0 Å². The molecule has 0 saturated heterocycles. The summed E-state index contributed by atoms with van der Waals surface area (Å²) in [6.07, 6.45) is 8.91. The lowest BCUT2D eigenvalue weighted by Gasteiger charge is -2.06. The molecule has 0 aliphatic carbocycles. The summed E-state index contributed by atoms with van der Waals surface area (Å²) < 4.78 is 0. The van der Waals surface area contributed by atoms with Gasteiger partial charge in [0.05, 0.1) is 12.3 Å². The first-order valence-electron chi connectivity index (χ1n) is 5.65. The van der Waals surface area contributed by atoms with E-state index in [-0.39, 0.29) is 12.3 Å². The monoisotopic (exact) mass is 202 g/mol. The second-order valence-corrected chi connectivity index (χ2v) is 4.03. The largest absolute Gasteiger partial charge is 0.316 e. The van der Waals surface area contributed by atoms with Crippen molar-refractivity contribution in [1.82, 2.24) is 0 Å². The molecule has 0 heterocycles. The number of rotatable bonds is 9. The second-order valence-electron chi connectivity index (χ2n) is 4.03. The summed E-state index contributed by atoms with van der Waals surface area (Å²) in [6, 6.07) is 0. The molecule has 0 fully saturated rings. The van der Waals surface area contributed by atoms with Crippen molar-refractivity contribution in [3.8, 4) is 0 Å². The Morgan fingerprint density at radius 2 is 0.786 bits per heavy atom. The van der Waals surface area contributed by atoms with Gasteiger partial charge in [-0.1, -0.05) is 38.5 Å². The number of unbranched alkanes of at least 4 members (excludes halogenated alkanes) is 5. The highest BCUT2D eigenvalue weighted by atomic mass is 14.8. The molecule has 4 nitrogen and oxygen atoms in total. The topological polar surface area (TPSA) is 104 Å². The first-order chi connectivity index (χ1) is 6.63. The number of hydrogen-bond acceptors (Lipinski definition) is 4. The van der Waals surface area contributed by atoms with Gasteiger partial charge in [-0.3, -0.25) is 0 Å². The molecule has 0 aromatic carbocycles. The second kappa shape index (κ2) is 9.40. The molecule has 0 aromatic rings. The van der Waals surface area contributed by atoms with E-state index in [1.807, 2.05) is 0 Å². The zero-order valence-electron chi connectivity index (χ0n) is 9.12. The SMILES string of the molecule is NC(N)CCCCCCCCC(N)N. The third kappa shape index (κ3) is 11.8. The smallest absolute Gasteiger partial charge is 0.0520 e. The molecule has 8 N–H and O–H groups in total. The Balaban J connectivity index is 2.92. The third-order valence-corrected chi connectivity index (χ3v) is 2.32. The van der Waals surface area contributed by atoms with E-state index in [2.05, 4.69) is 0 Å². The van der Waals surface area contributed by atoms with Crippen LogP contribution in [0.3, 0.4) is 0 Å². The van der Waals surface area contributed by atoms with Gasteiger partial charge in [0, 0.05) is 0 Å². The lowest BCUT2D eigenvalue weighted by molar-refractivity contribution is 0.519. The molecule has 0 aliphatic rings. The van der Waals surface area contributed by atoms with Crippen LogP contribution in [0.2, 0.25) is 0 Å². The number of nitrogens with two attached hydrogens (primary N) is 4. The highest BCUT2D eigenvalue weighted by Gasteiger charge is 1.96. The Labute approximate surface area is 87.4 Å². The third-order valence-electron chi connectivity index (χ3n) is 2.32. The van der Waals surface area contributed by atoms with Crippen LogP contribution in [0, 0.1) is 0 Å². The van der Waals surface area contributed by atoms with E-state index >= 15 is 0 Å². The summed E-state index contributed by atoms with van der Waals surface area (Å²) >= 11 is 0.